The second-order valence-corrected chi connectivity index (χ2v) is 2.35. The number of nitrogens with two attached hydrogens (primary N) is 1. The number of hydrogen-bond donors (Lipinski definition) is 3. The first-order valence-electron chi connectivity index (χ1n) is 3.66. The zero-order valence-corrected chi connectivity index (χ0v) is 6.59. The fourth-order valence-electron chi connectivity index (χ4n) is 0.755. The number of aromatic amines is 1. The van der Waals surface area contributed by atoms with Crippen LogP contribution in [0, 0.1) is 6.92 Å². The Bertz CT molecular complexity index is 206. The van der Waals surface area contributed by atoms with Gasteiger partial charge in [-0.1, -0.05) is 5.21 Å². The van der Waals surface area contributed by atoms with Gasteiger partial charge in [-0.15, -0.1) is 5.10 Å². The summed E-state index contributed by atoms with van der Waals surface area (Å²) in [6.07, 6.45) is 0.951. The van der Waals surface area contributed by atoms with Gasteiger partial charge >= 0.3 is 0 Å². The van der Waals surface area contributed by atoms with Gasteiger partial charge < -0.3 is 11.1 Å². The first kappa shape index (κ1) is 8.00. The Morgan fingerprint density at radius 2 is 2.45 bits per heavy atom. The highest BCUT2D eigenvalue weighted by molar-refractivity contribution is 5.36. The number of aryl methyl sites for hydroxylation is 1. The summed E-state index contributed by atoms with van der Waals surface area (Å²) in [5.41, 5.74) is 6.28. The summed E-state index contributed by atoms with van der Waals surface area (Å²) in [6, 6.07) is 0. The van der Waals surface area contributed by atoms with Gasteiger partial charge in [-0.25, -0.2) is 0 Å². The van der Waals surface area contributed by atoms with E-state index in [9.17, 15) is 0 Å². The van der Waals surface area contributed by atoms with Gasteiger partial charge in [-0.05, 0) is 19.9 Å². The highest BCUT2D eigenvalue weighted by atomic mass is 15.4. The molecule has 0 saturated carbocycles. The standard InChI is InChI=1S/C6H13N5/c1-5-6(10-11-9-5)8-4-2-3-7/h2-4,7H2,1H3,(H2,8,9,10,11). The van der Waals surface area contributed by atoms with Crippen molar-refractivity contribution in [3.05, 3.63) is 5.69 Å². The number of nitrogens with one attached hydrogen (secondary N) is 2. The van der Waals surface area contributed by atoms with Crippen molar-refractivity contribution >= 4 is 5.82 Å². The fourth-order valence-corrected chi connectivity index (χ4v) is 0.755. The molecule has 0 aromatic carbocycles. The Kier molecular flexibility index (Phi) is 2.85. The second kappa shape index (κ2) is 3.92. The molecule has 0 amide bonds. The molecule has 0 atom stereocenters. The third-order valence-electron chi connectivity index (χ3n) is 1.40. The van der Waals surface area contributed by atoms with E-state index in [1.54, 1.807) is 0 Å². The van der Waals surface area contributed by atoms with Crippen LogP contribution in [0.3, 0.4) is 0 Å². The fraction of sp³-hybridized carbons (Fsp3) is 0.667. The summed E-state index contributed by atoms with van der Waals surface area (Å²) < 4.78 is 0. The number of H-pyrrole nitrogens is 1. The molecular weight excluding hydrogens is 142 g/mol. The molecule has 11 heavy (non-hydrogen) atoms. The van der Waals surface area contributed by atoms with Crippen molar-refractivity contribution in [2.24, 2.45) is 5.73 Å². The maximum atomic E-state index is 5.32. The lowest BCUT2D eigenvalue weighted by molar-refractivity contribution is 0.866. The van der Waals surface area contributed by atoms with Crippen LogP contribution in [0.25, 0.3) is 0 Å². The Labute approximate surface area is 65.4 Å². The Morgan fingerprint density at radius 1 is 1.64 bits per heavy atom. The van der Waals surface area contributed by atoms with Crippen LogP contribution in [0.5, 0.6) is 0 Å². The van der Waals surface area contributed by atoms with Crippen LogP contribution in [0.4, 0.5) is 5.82 Å². The van der Waals surface area contributed by atoms with Gasteiger partial charge in [0.15, 0.2) is 5.82 Å². The van der Waals surface area contributed by atoms with Crippen molar-refractivity contribution in [3.63, 3.8) is 0 Å². The highest BCUT2D eigenvalue weighted by Gasteiger charge is 1.98. The van der Waals surface area contributed by atoms with Crippen molar-refractivity contribution in [2.75, 3.05) is 18.4 Å². The molecule has 0 unspecified atom stereocenters. The molecule has 1 aromatic heterocycles. The lowest BCUT2D eigenvalue weighted by atomic mass is 10.4. The van der Waals surface area contributed by atoms with E-state index in [0.29, 0.717) is 6.54 Å². The van der Waals surface area contributed by atoms with Gasteiger partial charge in [-0.3, -0.25) is 5.10 Å². The monoisotopic (exact) mass is 155 g/mol. The molecule has 0 radical (unpaired) electrons. The molecule has 0 aliphatic rings. The first-order chi connectivity index (χ1) is 5.34. The molecule has 1 aromatic rings. The van der Waals surface area contributed by atoms with Crippen molar-refractivity contribution in [2.45, 2.75) is 13.3 Å². The van der Waals surface area contributed by atoms with E-state index in [-0.39, 0.29) is 0 Å². The lowest BCUT2D eigenvalue weighted by Crippen LogP contribution is -2.09. The Balaban J connectivity index is 2.32. The van der Waals surface area contributed by atoms with E-state index < -0.39 is 0 Å². The van der Waals surface area contributed by atoms with Crippen LogP contribution < -0.4 is 11.1 Å². The zero-order valence-electron chi connectivity index (χ0n) is 6.59. The van der Waals surface area contributed by atoms with Crippen LogP contribution in [0.2, 0.25) is 0 Å². The van der Waals surface area contributed by atoms with E-state index in [1.165, 1.54) is 0 Å². The van der Waals surface area contributed by atoms with E-state index in [4.69, 9.17) is 5.73 Å². The molecule has 5 heteroatoms. The third-order valence-corrected chi connectivity index (χ3v) is 1.40. The number of nitrogens with zero attached hydrogens (tertiary/aromatic N) is 2. The predicted octanol–water partition coefficient (Wildman–Crippen LogP) is -0.126. The van der Waals surface area contributed by atoms with E-state index in [2.05, 4.69) is 20.7 Å². The minimum absolute atomic E-state index is 0.698. The maximum absolute atomic E-state index is 5.32. The summed E-state index contributed by atoms with van der Waals surface area (Å²) in [6.45, 7) is 3.47. The van der Waals surface area contributed by atoms with Gasteiger partial charge in [0.2, 0.25) is 0 Å². The second-order valence-electron chi connectivity index (χ2n) is 2.35. The molecule has 1 rings (SSSR count). The SMILES string of the molecule is Cc1[nH]nnc1NCCCN. The topological polar surface area (TPSA) is 79.6 Å². The predicted molar refractivity (Wildman–Crippen MR) is 43.3 cm³/mol. The van der Waals surface area contributed by atoms with Crippen molar-refractivity contribution in [1.29, 1.82) is 0 Å². The van der Waals surface area contributed by atoms with Gasteiger partial charge in [0, 0.05) is 6.54 Å². The third kappa shape index (κ3) is 2.19. The van der Waals surface area contributed by atoms with Gasteiger partial charge in [-0.2, -0.15) is 0 Å². The number of aromatic nitrogens is 3. The number of rotatable bonds is 4. The van der Waals surface area contributed by atoms with Crippen LogP contribution in [0.1, 0.15) is 12.1 Å². The quantitative estimate of drug-likeness (QED) is 0.529. The Morgan fingerprint density at radius 3 is 3.00 bits per heavy atom. The Hall–Kier alpha value is -1.10. The molecule has 0 bridgehead atoms. The van der Waals surface area contributed by atoms with Gasteiger partial charge in [0.1, 0.15) is 0 Å². The molecule has 0 aliphatic carbocycles. The average Bonchev–Trinajstić information content (AvgIpc) is 2.37. The minimum atomic E-state index is 0.698. The van der Waals surface area contributed by atoms with Crippen molar-refractivity contribution in [1.82, 2.24) is 15.4 Å². The van der Waals surface area contributed by atoms with E-state index in [1.807, 2.05) is 6.92 Å². The van der Waals surface area contributed by atoms with Crippen LogP contribution in [0.15, 0.2) is 0 Å². The van der Waals surface area contributed by atoms with Crippen LogP contribution in [-0.4, -0.2) is 28.5 Å². The summed E-state index contributed by atoms with van der Waals surface area (Å²) >= 11 is 0. The molecular formula is C6H13N5. The molecule has 62 valence electrons. The number of hydrogen-bond acceptors (Lipinski definition) is 4. The molecule has 5 nitrogen and oxygen atoms in total. The van der Waals surface area contributed by atoms with Crippen molar-refractivity contribution in [3.8, 4) is 0 Å². The van der Waals surface area contributed by atoms with Gasteiger partial charge in [0.05, 0.1) is 5.69 Å². The largest absolute Gasteiger partial charge is 0.367 e. The average molecular weight is 155 g/mol. The smallest absolute Gasteiger partial charge is 0.171 e. The zero-order chi connectivity index (χ0) is 8.10. The minimum Gasteiger partial charge on any atom is -0.367 e. The summed E-state index contributed by atoms with van der Waals surface area (Å²) in [5, 5.41) is 13.3. The highest BCUT2D eigenvalue weighted by Crippen LogP contribution is 2.03. The maximum Gasteiger partial charge on any atom is 0.171 e. The molecule has 1 heterocycles. The molecule has 0 fully saturated rings. The van der Waals surface area contributed by atoms with E-state index in [0.717, 1.165) is 24.5 Å². The molecule has 4 N–H and O–H groups in total. The van der Waals surface area contributed by atoms with Crippen molar-refractivity contribution < 1.29 is 0 Å². The molecule has 0 saturated heterocycles. The number of anilines is 1. The summed E-state index contributed by atoms with van der Waals surface area (Å²) in [5.74, 6) is 0.818. The normalized spacial score (nSPS) is 10.0. The molecule has 0 aliphatic heterocycles. The lowest BCUT2D eigenvalue weighted by Gasteiger charge is -1.99. The summed E-state index contributed by atoms with van der Waals surface area (Å²) in [7, 11) is 0. The van der Waals surface area contributed by atoms with Gasteiger partial charge in [0.25, 0.3) is 0 Å². The summed E-state index contributed by atoms with van der Waals surface area (Å²) in [4.78, 5) is 0. The molecule has 0 spiro atoms. The van der Waals surface area contributed by atoms with Crippen LogP contribution in [-0.2, 0) is 0 Å². The van der Waals surface area contributed by atoms with Crippen LogP contribution >= 0.6 is 0 Å². The van der Waals surface area contributed by atoms with E-state index >= 15 is 0 Å². The first-order valence-corrected chi connectivity index (χ1v) is 3.66.